The molecule has 0 aromatic carbocycles. The number of halogens is 2. The molecule has 0 bridgehead atoms. The van der Waals surface area contributed by atoms with Gasteiger partial charge in [-0.25, -0.2) is 9.97 Å². The van der Waals surface area contributed by atoms with Gasteiger partial charge in [-0.1, -0.05) is 32.6 Å². The van der Waals surface area contributed by atoms with Crippen molar-refractivity contribution in [2.75, 3.05) is 20.2 Å². The maximum absolute atomic E-state index is 5.77. The Morgan fingerprint density at radius 1 is 1.43 bits per heavy atom. The zero-order valence-electron chi connectivity index (χ0n) is 7.57. The van der Waals surface area contributed by atoms with Gasteiger partial charge in [-0.15, -0.1) is 0 Å². The first-order chi connectivity index (χ1) is 6.61. The number of nitrogens with zero attached hydrogens (tertiary/aromatic N) is 3. The lowest BCUT2D eigenvalue weighted by atomic mass is 10.6. The summed E-state index contributed by atoms with van der Waals surface area (Å²) in [4.78, 5) is 7.53. The minimum Gasteiger partial charge on any atom is -0.486 e. The minimum atomic E-state index is 0.233. The first-order valence-electron chi connectivity index (χ1n) is 3.86. The standard InChI is InChI=1S/C7H10Cl2N3OP/c1-12(14)2-3-13-5-6(8)10-4-11-7(5)9/h4H,2-3,14H2,1H3. The molecule has 0 radical (unpaired) electrons. The Hall–Kier alpha value is -0.150. The Bertz CT molecular complexity index is 291. The van der Waals surface area contributed by atoms with Crippen molar-refractivity contribution in [2.24, 2.45) is 0 Å². The molecule has 14 heavy (non-hydrogen) atoms. The topological polar surface area (TPSA) is 38.2 Å². The van der Waals surface area contributed by atoms with E-state index >= 15 is 0 Å². The molecule has 0 aliphatic carbocycles. The highest BCUT2D eigenvalue weighted by atomic mass is 35.5. The van der Waals surface area contributed by atoms with Gasteiger partial charge in [0.1, 0.15) is 12.9 Å². The van der Waals surface area contributed by atoms with E-state index in [4.69, 9.17) is 27.9 Å². The SMILES string of the molecule is CN(P)CCOc1c(Cl)ncnc1Cl. The normalized spacial score (nSPS) is 10.6. The van der Waals surface area contributed by atoms with Gasteiger partial charge in [-0.05, 0) is 7.05 Å². The Labute approximate surface area is 94.8 Å². The molecule has 0 saturated carbocycles. The minimum absolute atomic E-state index is 0.233. The molecule has 78 valence electrons. The van der Waals surface area contributed by atoms with Crippen molar-refractivity contribution in [1.82, 2.24) is 14.6 Å². The average molecular weight is 254 g/mol. The first kappa shape index (κ1) is 11.9. The van der Waals surface area contributed by atoms with Crippen molar-refractivity contribution < 1.29 is 4.74 Å². The van der Waals surface area contributed by atoms with Gasteiger partial charge >= 0.3 is 0 Å². The van der Waals surface area contributed by atoms with Crippen LogP contribution in [-0.4, -0.2) is 34.8 Å². The molecule has 0 amide bonds. The van der Waals surface area contributed by atoms with E-state index in [-0.39, 0.29) is 10.3 Å². The molecule has 1 rings (SSSR count). The summed E-state index contributed by atoms with van der Waals surface area (Å²) in [7, 11) is 4.44. The van der Waals surface area contributed by atoms with E-state index < -0.39 is 0 Å². The summed E-state index contributed by atoms with van der Waals surface area (Å²) >= 11 is 11.5. The lowest BCUT2D eigenvalue weighted by Gasteiger charge is -2.11. The quantitative estimate of drug-likeness (QED) is 0.607. The van der Waals surface area contributed by atoms with Crippen molar-refractivity contribution in [3.63, 3.8) is 0 Å². The third-order valence-corrected chi connectivity index (χ3v) is 2.20. The van der Waals surface area contributed by atoms with Crippen molar-refractivity contribution >= 4 is 32.6 Å². The average Bonchev–Trinajstić information content (AvgIpc) is 2.09. The van der Waals surface area contributed by atoms with Crippen molar-refractivity contribution in [3.8, 4) is 5.75 Å². The van der Waals surface area contributed by atoms with Crippen molar-refractivity contribution in [2.45, 2.75) is 0 Å². The van der Waals surface area contributed by atoms with Gasteiger partial charge in [0.15, 0.2) is 16.1 Å². The molecule has 0 aliphatic rings. The highest BCUT2D eigenvalue weighted by molar-refractivity contribution is 7.13. The first-order valence-corrected chi connectivity index (χ1v) is 5.13. The highest BCUT2D eigenvalue weighted by Crippen LogP contribution is 2.28. The van der Waals surface area contributed by atoms with E-state index in [1.165, 1.54) is 6.33 Å². The predicted molar refractivity (Wildman–Crippen MR) is 59.9 cm³/mol. The molecule has 0 fully saturated rings. The van der Waals surface area contributed by atoms with Crippen LogP contribution < -0.4 is 4.74 Å². The fourth-order valence-corrected chi connectivity index (χ4v) is 1.27. The molecule has 0 spiro atoms. The smallest absolute Gasteiger partial charge is 0.194 e. The molecule has 1 atom stereocenters. The predicted octanol–water partition coefficient (Wildman–Crippen LogP) is 1.88. The van der Waals surface area contributed by atoms with Gasteiger partial charge in [-0.3, -0.25) is 4.67 Å². The number of hydrogen-bond donors (Lipinski definition) is 0. The van der Waals surface area contributed by atoms with Crippen LogP contribution in [0.1, 0.15) is 0 Å². The lowest BCUT2D eigenvalue weighted by molar-refractivity contribution is 0.292. The molecular weight excluding hydrogens is 244 g/mol. The number of aromatic nitrogens is 2. The zero-order valence-corrected chi connectivity index (χ0v) is 10.2. The third kappa shape index (κ3) is 3.54. The van der Waals surface area contributed by atoms with Crippen LogP contribution >= 0.6 is 32.6 Å². The summed E-state index contributed by atoms with van der Waals surface area (Å²) in [6.07, 6.45) is 1.29. The highest BCUT2D eigenvalue weighted by Gasteiger charge is 2.08. The van der Waals surface area contributed by atoms with Crippen LogP contribution in [0.4, 0.5) is 0 Å². The van der Waals surface area contributed by atoms with Crippen LogP contribution in [0, 0.1) is 0 Å². The second kappa shape index (κ2) is 5.66. The Kier molecular flexibility index (Phi) is 4.82. The van der Waals surface area contributed by atoms with Crippen LogP contribution in [0.25, 0.3) is 0 Å². The summed E-state index contributed by atoms with van der Waals surface area (Å²) in [5, 5.41) is 0.466. The van der Waals surface area contributed by atoms with Gasteiger partial charge in [0, 0.05) is 6.54 Å². The van der Waals surface area contributed by atoms with E-state index in [0.717, 1.165) is 6.54 Å². The van der Waals surface area contributed by atoms with E-state index in [0.29, 0.717) is 12.4 Å². The maximum atomic E-state index is 5.77. The van der Waals surface area contributed by atoms with Crippen LogP contribution in [-0.2, 0) is 0 Å². The lowest BCUT2D eigenvalue weighted by Crippen LogP contribution is -2.14. The van der Waals surface area contributed by atoms with Crippen molar-refractivity contribution in [3.05, 3.63) is 16.6 Å². The van der Waals surface area contributed by atoms with Crippen LogP contribution in [0.5, 0.6) is 5.75 Å². The van der Waals surface area contributed by atoms with Gasteiger partial charge in [0.25, 0.3) is 0 Å². The molecular formula is C7H10Cl2N3OP. The summed E-state index contributed by atoms with van der Waals surface area (Å²) < 4.78 is 7.24. The fourth-order valence-electron chi connectivity index (χ4n) is 0.743. The molecule has 1 unspecified atom stereocenters. The number of rotatable bonds is 4. The second-order valence-electron chi connectivity index (χ2n) is 2.61. The summed E-state index contributed by atoms with van der Waals surface area (Å²) in [5.41, 5.74) is 0. The summed E-state index contributed by atoms with van der Waals surface area (Å²) in [6, 6.07) is 0. The number of ether oxygens (including phenoxy) is 1. The van der Waals surface area contributed by atoms with Gasteiger partial charge in [0.05, 0.1) is 0 Å². The Morgan fingerprint density at radius 2 is 2.00 bits per heavy atom. The number of hydrogen-bond acceptors (Lipinski definition) is 4. The molecule has 1 aromatic heterocycles. The molecule has 0 saturated heterocycles. The monoisotopic (exact) mass is 253 g/mol. The molecule has 0 aliphatic heterocycles. The molecule has 0 N–H and O–H groups in total. The molecule has 4 nitrogen and oxygen atoms in total. The van der Waals surface area contributed by atoms with E-state index in [1.54, 1.807) is 0 Å². The van der Waals surface area contributed by atoms with E-state index in [2.05, 4.69) is 19.4 Å². The Balaban J connectivity index is 2.58. The second-order valence-corrected chi connectivity index (χ2v) is 4.21. The molecule has 7 heteroatoms. The van der Waals surface area contributed by atoms with Gasteiger partial charge < -0.3 is 4.74 Å². The van der Waals surface area contributed by atoms with Crippen molar-refractivity contribution in [1.29, 1.82) is 0 Å². The maximum Gasteiger partial charge on any atom is 0.194 e. The third-order valence-electron chi connectivity index (χ3n) is 1.41. The molecule has 1 heterocycles. The fraction of sp³-hybridized carbons (Fsp3) is 0.429. The zero-order chi connectivity index (χ0) is 10.6. The van der Waals surface area contributed by atoms with E-state index in [1.807, 2.05) is 11.7 Å². The summed E-state index contributed by atoms with van der Waals surface area (Å²) in [6.45, 7) is 1.22. The Morgan fingerprint density at radius 3 is 2.50 bits per heavy atom. The number of likely N-dealkylation sites (N-methyl/N-ethyl adjacent to an activating group) is 1. The van der Waals surface area contributed by atoms with Crippen LogP contribution in [0.2, 0.25) is 10.3 Å². The molecule has 1 aromatic rings. The summed E-state index contributed by atoms with van der Waals surface area (Å²) in [5.74, 6) is 0.336. The largest absolute Gasteiger partial charge is 0.486 e. The van der Waals surface area contributed by atoms with Gasteiger partial charge in [0.2, 0.25) is 0 Å². The van der Waals surface area contributed by atoms with Gasteiger partial charge in [-0.2, -0.15) is 0 Å². The van der Waals surface area contributed by atoms with Crippen LogP contribution in [0.15, 0.2) is 6.33 Å². The van der Waals surface area contributed by atoms with Crippen LogP contribution in [0.3, 0.4) is 0 Å². The van der Waals surface area contributed by atoms with E-state index in [9.17, 15) is 0 Å².